The summed E-state index contributed by atoms with van der Waals surface area (Å²) in [4.78, 5) is 22.8. The number of hydrogen-bond acceptors (Lipinski definition) is 5. The van der Waals surface area contributed by atoms with Crippen LogP contribution in [0.1, 0.15) is 43.3 Å². The summed E-state index contributed by atoms with van der Waals surface area (Å²) in [7, 11) is 0. The van der Waals surface area contributed by atoms with Crippen molar-refractivity contribution >= 4 is 17.5 Å². The van der Waals surface area contributed by atoms with Crippen molar-refractivity contribution in [1.82, 2.24) is 19.7 Å². The quantitative estimate of drug-likeness (QED) is 0.864. The van der Waals surface area contributed by atoms with E-state index in [0.29, 0.717) is 16.9 Å². The molecule has 0 aromatic carbocycles. The van der Waals surface area contributed by atoms with E-state index in [1.54, 1.807) is 23.1 Å². The molecule has 0 N–H and O–H groups in total. The average Bonchev–Trinajstić information content (AvgIpc) is 3.41. The van der Waals surface area contributed by atoms with Gasteiger partial charge in [-0.1, -0.05) is 11.6 Å². The van der Waals surface area contributed by atoms with E-state index in [2.05, 4.69) is 20.0 Å². The second kappa shape index (κ2) is 5.92. The Morgan fingerprint density at radius 1 is 1.04 bits per heavy atom. The smallest absolute Gasteiger partial charge is 0.267 e. The van der Waals surface area contributed by atoms with E-state index in [4.69, 9.17) is 11.6 Å². The van der Waals surface area contributed by atoms with Gasteiger partial charge in [0.25, 0.3) is 5.56 Å². The van der Waals surface area contributed by atoms with E-state index in [-0.39, 0.29) is 11.6 Å². The van der Waals surface area contributed by atoms with Crippen LogP contribution >= 0.6 is 11.6 Å². The molecule has 0 atom stereocenters. The zero-order chi connectivity index (χ0) is 15.8. The zero-order valence-corrected chi connectivity index (χ0v) is 13.5. The average molecular weight is 332 g/mol. The van der Waals surface area contributed by atoms with Crippen molar-refractivity contribution in [3.05, 3.63) is 45.6 Å². The fourth-order valence-corrected chi connectivity index (χ4v) is 3.18. The first-order chi connectivity index (χ1) is 11.2. The van der Waals surface area contributed by atoms with Gasteiger partial charge in [0.15, 0.2) is 0 Å². The zero-order valence-electron chi connectivity index (χ0n) is 12.7. The van der Waals surface area contributed by atoms with Gasteiger partial charge in [0, 0.05) is 25.1 Å². The van der Waals surface area contributed by atoms with Crippen LogP contribution in [0.2, 0.25) is 5.02 Å². The van der Waals surface area contributed by atoms with Gasteiger partial charge >= 0.3 is 0 Å². The maximum absolute atomic E-state index is 12.2. The van der Waals surface area contributed by atoms with Crippen LogP contribution in [0.4, 0.5) is 5.95 Å². The van der Waals surface area contributed by atoms with E-state index in [1.807, 2.05) is 6.07 Å². The van der Waals surface area contributed by atoms with E-state index >= 15 is 0 Å². The molecule has 2 aliphatic rings. The summed E-state index contributed by atoms with van der Waals surface area (Å²) >= 11 is 5.83. The fraction of sp³-hybridized carbons (Fsp3) is 0.500. The maximum atomic E-state index is 12.2. The van der Waals surface area contributed by atoms with Crippen LogP contribution < -0.4 is 10.5 Å². The predicted octanol–water partition coefficient (Wildman–Crippen LogP) is 2.41. The number of hydrogen-bond donors (Lipinski definition) is 0. The lowest BCUT2D eigenvalue weighted by Gasteiger charge is -2.32. The molecule has 7 heteroatoms. The monoisotopic (exact) mass is 331 g/mol. The second-order valence-corrected chi connectivity index (χ2v) is 6.67. The van der Waals surface area contributed by atoms with Crippen molar-refractivity contribution in [1.29, 1.82) is 0 Å². The summed E-state index contributed by atoms with van der Waals surface area (Å²) in [5.74, 6) is 1.25. The molecule has 0 amide bonds. The Morgan fingerprint density at radius 3 is 2.39 bits per heavy atom. The lowest BCUT2D eigenvalue weighted by molar-refractivity contribution is 0.348. The van der Waals surface area contributed by atoms with Crippen molar-refractivity contribution in [3.8, 4) is 0 Å². The molecule has 6 nitrogen and oxygen atoms in total. The summed E-state index contributed by atoms with van der Waals surface area (Å²) in [6, 6.07) is 3.70. The second-order valence-electron chi connectivity index (χ2n) is 6.23. The van der Waals surface area contributed by atoms with Crippen molar-refractivity contribution in [2.75, 3.05) is 18.0 Å². The largest absolute Gasteiger partial charge is 0.341 e. The summed E-state index contributed by atoms with van der Waals surface area (Å²) in [5.41, 5.74) is 1.06. The van der Waals surface area contributed by atoms with Crippen LogP contribution in [0.5, 0.6) is 0 Å². The standard InChI is InChI=1S/C16H18ClN5O/c17-12-9-18-16(19-10-12)21-7-5-13(6-8-21)22-15(23)4-3-14(20-22)11-1-2-11/h3-4,9-11,13H,1-2,5-8H2. The summed E-state index contributed by atoms with van der Waals surface area (Å²) in [5, 5.41) is 5.14. The first-order valence-corrected chi connectivity index (χ1v) is 8.41. The van der Waals surface area contributed by atoms with Crippen LogP contribution in [0.15, 0.2) is 29.3 Å². The third kappa shape index (κ3) is 3.08. The van der Waals surface area contributed by atoms with Gasteiger partial charge in [0.1, 0.15) is 0 Å². The lowest BCUT2D eigenvalue weighted by atomic mass is 10.1. The molecule has 2 fully saturated rings. The molecule has 1 aliphatic heterocycles. The highest BCUT2D eigenvalue weighted by molar-refractivity contribution is 6.30. The van der Waals surface area contributed by atoms with Gasteiger partial charge in [-0.25, -0.2) is 14.6 Å². The van der Waals surface area contributed by atoms with Gasteiger partial charge in [0.05, 0.1) is 29.2 Å². The van der Waals surface area contributed by atoms with E-state index < -0.39 is 0 Å². The Kier molecular flexibility index (Phi) is 3.77. The van der Waals surface area contributed by atoms with Gasteiger partial charge in [-0.3, -0.25) is 4.79 Å². The van der Waals surface area contributed by atoms with Gasteiger partial charge < -0.3 is 4.90 Å². The molecule has 0 spiro atoms. The molecule has 23 heavy (non-hydrogen) atoms. The minimum Gasteiger partial charge on any atom is -0.341 e. The molecule has 1 saturated carbocycles. The number of halogens is 1. The van der Waals surface area contributed by atoms with Crippen LogP contribution in [0.25, 0.3) is 0 Å². The minimum atomic E-state index is -0.00408. The first kappa shape index (κ1) is 14.6. The van der Waals surface area contributed by atoms with E-state index in [9.17, 15) is 4.79 Å². The summed E-state index contributed by atoms with van der Waals surface area (Å²) in [6.07, 6.45) is 7.34. The molecule has 4 rings (SSSR count). The third-order valence-electron chi connectivity index (χ3n) is 4.54. The van der Waals surface area contributed by atoms with E-state index in [1.165, 1.54) is 12.8 Å². The van der Waals surface area contributed by atoms with Crippen LogP contribution in [-0.4, -0.2) is 32.8 Å². The van der Waals surface area contributed by atoms with Gasteiger partial charge in [-0.15, -0.1) is 0 Å². The Labute approximate surface area is 139 Å². The lowest BCUT2D eigenvalue weighted by Crippen LogP contribution is -2.39. The maximum Gasteiger partial charge on any atom is 0.267 e. The minimum absolute atomic E-state index is 0.00408. The molecule has 2 aromatic heterocycles. The highest BCUT2D eigenvalue weighted by Gasteiger charge is 2.28. The number of rotatable bonds is 3. The van der Waals surface area contributed by atoms with Gasteiger partial charge in [-0.2, -0.15) is 5.10 Å². The third-order valence-corrected chi connectivity index (χ3v) is 4.74. The first-order valence-electron chi connectivity index (χ1n) is 8.03. The Morgan fingerprint density at radius 2 is 1.74 bits per heavy atom. The van der Waals surface area contributed by atoms with Crippen molar-refractivity contribution in [2.24, 2.45) is 0 Å². The van der Waals surface area contributed by atoms with Gasteiger partial charge in [0.2, 0.25) is 5.95 Å². The Balaban J connectivity index is 1.48. The number of piperidine rings is 1. The highest BCUT2D eigenvalue weighted by atomic mass is 35.5. The molecule has 1 saturated heterocycles. The van der Waals surface area contributed by atoms with Crippen molar-refractivity contribution < 1.29 is 0 Å². The summed E-state index contributed by atoms with van der Waals surface area (Å²) in [6.45, 7) is 1.63. The molecule has 3 heterocycles. The highest BCUT2D eigenvalue weighted by Crippen LogP contribution is 2.38. The molecule has 2 aromatic rings. The van der Waals surface area contributed by atoms with Crippen LogP contribution in [0, 0.1) is 0 Å². The normalized spacial score (nSPS) is 19.1. The molecule has 1 aliphatic carbocycles. The van der Waals surface area contributed by atoms with Gasteiger partial charge in [-0.05, 0) is 31.7 Å². The molecule has 120 valence electrons. The fourth-order valence-electron chi connectivity index (χ4n) is 3.08. The van der Waals surface area contributed by atoms with Crippen molar-refractivity contribution in [3.63, 3.8) is 0 Å². The SMILES string of the molecule is O=c1ccc(C2CC2)nn1C1CCN(c2ncc(Cl)cn2)CC1. The number of anilines is 1. The Hall–Kier alpha value is -1.95. The van der Waals surface area contributed by atoms with Crippen molar-refractivity contribution in [2.45, 2.75) is 37.6 Å². The number of aromatic nitrogens is 4. The molecular weight excluding hydrogens is 314 g/mol. The summed E-state index contributed by atoms with van der Waals surface area (Å²) < 4.78 is 1.69. The van der Waals surface area contributed by atoms with Crippen LogP contribution in [-0.2, 0) is 0 Å². The molecule has 0 unspecified atom stereocenters. The predicted molar refractivity (Wildman–Crippen MR) is 88.0 cm³/mol. The topological polar surface area (TPSA) is 63.9 Å². The Bertz CT molecular complexity index is 748. The van der Waals surface area contributed by atoms with Crippen LogP contribution in [0.3, 0.4) is 0 Å². The number of nitrogens with zero attached hydrogens (tertiary/aromatic N) is 5. The van der Waals surface area contributed by atoms with E-state index in [0.717, 1.165) is 31.6 Å². The molecular formula is C16H18ClN5O. The molecule has 0 bridgehead atoms. The molecule has 0 radical (unpaired) electrons.